The first-order valence-electron chi connectivity index (χ1n) is 12.1. The number of benzene rings is 2. The molecule has 0 unspecified atom stereocenters. The van der Waals surface area contributed by atoms with Crippen LogP contribution in [0.15, 0.2) is 65.2 Å². The van der Waals surface area contributed by atoms with Gasteiger partial charge in [0.2, 0.25) is 5.91 Å². The third-order valence-corrected chi connectivity index (χ3v) is 5.52. The highest BCUT2D eigenvalue weighted by atomic mass is 16.5. The van der Waals surface area contributed by atoms with Gasteiger partial charge in [-0.25, -0.2) is 4.79 Å². The van der Waals surface area contributed by atoms with Crippen molar-refractivity contribution in [1.29, 1.82) is 0 Å². The summed E-state index contributed by atoms with van der Waals surface area (Å²) in [6.07, 6.45) is 1.39. The molecule has 4 N–H and O–H groups in total. The van der Waals surface area contributed by atoms with Gasteiger partial charge in [0, 0.05) is 29.9 Å². The first kappa shape index (κ1) is 26.6. The average Bonchev–Trinajstić information content (AvgIpc) is 3.34. The molecule has 1 heterocycles. The van der Waals surface area contributed by atoms with E-state index in [0.29, 0.717) is 36.2 Å². The van der Waals surface area contributed by atoms with Crippen LogP contribution in [0.25, 0.3) is 11.3 Å². The molecule has 0 saturated carbocycles. The first-order chi connectivity index (χ1) is 17.3. The summed E-state index contributed by atoms with van der Waals surface area (Å²) in [7, 11) is 0. The zero-order chi connectivity index (χ0) is 25.9. The van der Waals surface area contributed by atoms with Gasteiger partial charge in [0.25, 0.3) is 0 Å². The van der Waals surface area contributed by atoms with E-state index in [1.54, 1.807) is 18.2 Å². The number of carbonyl (C=O) groups is 2. The quantitative estimate of drug-likeness (QED) is 0.255. The summed E-state index contributed by atoms with van der Waals surface area (Å²) in [6, 6.07) is 18.0. The number of aliphatic carboxylic acids is 1. The van der Waals surface area contributed by atoms with Gasteiger partial charge >= 0.3 is 5.97 Å². The van der Waals surface area contributed by atoms with E-state index in [1.807, 2.05) is 49.4 Å². The molecule has 0 fully saturated rings. The molecule has 9 heteroatoms. The molecule has 0 saturated heterocycles. The van der Waals surface area contributed by atoms with Crippen LogP contribution in [0.5, 0.6) is 5.75 Å². The molecule has 1 amide bonds. The maximum Gasteiger partial charge on any atom is 0.341 e. The molecule has 3 aromatic rings. The second-order valence-corrected chi connectivity index (χ2v) is 8.97. The number of nitrogens with one attached hydrogen (secondary N) is 3. The number of hydrogen-bond acceptors (Lipinski definition) is 7. The Hall–Kier alpha value is -4.01. The number of amides is 1. The lowest BCUT2D eigenvalue weighted by Crippen LogP contribution is -2.47. The Morgan fingerprint density at radius 2 is 1.81 bits per heavy atom. The molecular formula is C27H34N4O5. The molecule has 1 aromatic heterocycles. The average molecular weight is 495 g/mol. The Morgan fingerprint density at radius 3 is 2.44 bits per heavy atom. The second-order valence-electron chi connectivity index (χ2n) is 8.97. The molecule has 9 nitrogen and oxygen atoms in total. The summed E-state index contributed by atoms with van der Waals surface area (Å²) in [5.74, 6) is 0.814. The van der Waals surface area contributed by atoms with E-state index in [1.165, 1.54) is 0 Å². The summed E-state index contributed by atoms with van der Waals surface area (Å²) in [4.78, 5) is 23.8. The van der Waals surface area contributed by atoms with Crippen molar-refractivity contribution in [1.82, 2.24) is 10.5 Å². The van der Waals surface area contributed by atoms with Crippen LogP contribution < -0.4 is 20.7 Å². The Morgan fingerprint density at radius 1 is 1.08 bits per heavy atom. The van der Waals surface area contributed by atoms with Crippen LogP contribution in [-0.2, 0) is 9.59 Å². The standard InChI is InChI=1S/C27H34N4O5/c1-4-20(16-28-21-10-12-22(13-11-21)35-17-26(32)33)29-27(34)23(14-18(2)3)30-25-15-24(36-31-25)19-8-6-5-7-9-19/h5-13,15,18,20,23,28H,4,14,16-17H2,1-3H3,(H,29,34)(H,30,31)(H,32,33)/t20-,23-/m0/s1. The van der Waals surface area contributed by atoms with Crippen LogP contribution in [-0.4, -0.2) is 47.4 Å². The van der Waals surface area contributed by atoms with Gasteiger partial charge in [-0.1, -0.05) is 56.3 Å². The van der Waals surface area contributed by atoms with Crippen LogP contribution in [0.4, 0.5) is 11.5 Å². The van der Waals surface area contributed by atoms with Gasteiger partial charge in [-0.15, -0.1) is 0 Å². The topological polar surface area (TPSA) is 126 Å². The number of aromatic nitrogens is 1. The summed E-state index contributed by atoms with van der Waals surface area (Å²) < 4.78 is 10.6. The zero-order valence-corrected chi connectivity index (χ0v) is 20.9. The summed E-state index contributed by atoms with van der Waals surface area (Å²) >= 11 is 0. The highest BCUT2D eigenvalue weighted by molar-refractivity contribution is 5.84. The molecular weight excluding hydrogens is 460 g/mol. The maximum absolute atomic E-state index is 13.2. The Labute approximate surface area is 211 Å². The maximum atomic E-state index is 13.2. The van der Waals surface area contributed by atoms with E-state index in [2.05, 4.69) is 35.0 Å². The van der Waals surface area contributed by atoms with Crippen molar-refractivity contribution in [2.45, 2.75) is 45.7 Å². The van der Waals surface area contributed by atoms with E-state index in [9.17, 15) is 9.59 Å². The van der Waals surface area contributed by atoms with E-state index in [0.717, 1.165) is 17.7 Å². The minimum absolute atomic E-state index is 0.0888. The van der Waals surface area contributed by atoms with Crippen molar-refractivity contribution < 1.29 is 24.0 Å². The monoisotopic (exact) mass is 494 g/mol. The number of anilines is 2. The molecule has 0 radical (unpaired) electrons. The fourth-order valence-corrected chi connectivity index (χ4v) is 3.62. The predicted molar refractivity (Wildman–Crippen MR) is 139 cm³/mol. The third kappa shape index (κ3) is 8.33. The van der Waals surface area contributed by atoms with Crippen LogP contribution >= 0.6 is 0 Å². The lowest BCUT2D eigenvalue weighted by molar-refractivity contribution is -0.139. The van der Waals surface area contributed by atoms with E-state index >= 15 is 0 Å². The Bertz CT molecular complexity index is 1100. The second kappa shape index (κ2) is 13.2. The highest BCUT2D eigenvalue weighted by Gasteiger charge is 2.23. The molecule has 2 atom stereocenters. The van der Waals surface area contributed by atoms with Crippen LogP contribution in [0, 0.1) is 5.92 Å². The van der Waals surface area contributed by atoms with Gasteiger partial charge in [-0.3, -0.25) is 4.79 Å². The Kier molecular flexibility index (Phi) is 9.73. The number of carboxylic acids is 1. The summed E-state index contributed by atoms with van der Waals surface area (Å²) in [5, 5.41) is 22.5. The molecule has 0 bridgehead atoms. The highest BCUT2D eigenvalue weighted by Crippen LogP contribution is 2.23. The van der Waals surface area contributed by atoms with E-state index in [-0.39, 0.29) is 18.6 Å². The van der Waals surface area contributed by atoms with Crippen molar-refractivity contribution in [3.8, 4) is 17.1 Å². The summed E-state index contributed by atoms with van der Waals surface area (Å²) in [5.41, 5.74) is 1.76. The molecule has 0 spiro atoms. The van der Waals surface area contributed by atoms with Crippen LogP contribution in [0.2, 0.25) is 0 Å². The SMILES string of the molecule is CC[C@@H](CNc1ccc(OCC(=O)O)cc1)NC(=O)[C@H](CC(C)C)Nc1cc(-c2ccccc2)on1. The van der Waals surface area contributed by atoms with Gasteiger partial charge in [-0.05, 0) is 43.0 Å². The van der Waals surface area contributed by atoms with Gasteiger partial charge in [0.05, 0.1) is 0 Å². The normalized spacial score (nSPS) is 12.6. The minimum Gasteiger partial charge on any atom is -0.482 e. The number of rotatable bonds is 14. The Balaban J connectivity index is 1.57. The molecule has 3 rings (SSSR count). The molecule has 192 valence electrons. The number of carbonyl (C=O) groups excluding carboxylic acids is 1. The summed E-state index contributed by atoms with van der Waals surface area (Å²) in [6.45, 7) is 6.31. The molecule has 2 aromatic carbocycles. The largest absolute Gasteiger partial charge is 0.482 e. The van der Waals surface area contributed by atoms with Gasteiger partial charge in [-0.2, -0.15) is 0 Å². The van der Waals surface area contributed by atoms with Crippen molar-refractivity contribution in [3.63, 3.8) is 0 Å². The molecule has 0 aliphatic heterocycles. The minimum atomic E-state index is -1.02. The lowest BCUT2D eigenvalue weighted by Gasteiger charge is -2.24. The van der Waals surface area contributed by atoms with E-state index in [4.69, 9.17) is 14.4 Å². The number of carboxylic acid groups (broad SMARTS) is 1. The fraction of sp³-hybridized carbons (Fsp3) is 0.370. The van der Waals surface area contributed by atoms with Gasteiger partial charge in [0.1, 0.15) is 11.8 Å². The molecule has 0 aliphatic rings. The lowest BCUT2D eigenvalue weighted by atomic mass is 10.0. The smallest absolute Gasteiger partial charge is 0.341 e. The fourth-order valence-electron chi connectivity index (χ4n) is 3.62. The number of hydrogen-bond donors (Lipinski definition) is 4. The van der Waals surface area contributed by atoms with Crippen molar-refractivity contribution >= 4 is 23.4 Å². The van der Waals surface area contributed by atoms with Crippen LogP contribution in [0.1, 0.15) is 33.6 Å². The van der Waals surface area contributed by atoms with Gasteiger partial charge < -0.3 is 30.3 Å². The number of nitrogens with zero attached hydrogens (tertiary/aromatic N) is 1. The third-order valence-electron chi connectivity index (χ3n) is 5.52. The molecule has 0 aliphatic carbocycles. The van der Waals surface area contributed by atoms with Crippen molar-refractivity contribution in [2.24, 2.45) is 5.92 Å². The molecule has 36 heavy (non-hydrogen) atoms. The van der Waals surface area contributed by atoms with Crippen LogP contribution in [0.3, 0.4) is 0 Å². The van der Waals surface area contributed by atoms with Crippen molar-refractivity contribution in [3.05, 3.63) is 60.7 Å². The van der Waals surface area contributed by atoms with Crippen molar-refractivity contribution in [2.75, 3.05) is 23.8 Å². The van der Waals surface area contributed by atoms with Gasteiger partial charge in [0.15, 0.2) is 18.2 Å². The van der Waals surface area contributed by atoms with E-state index < -0.39 is 12.0 Å². The number of ether oxygens (including phenoxy) is 1. The zero-order valence-electron chi connectivity index (χ0n) is 20.9. The first-order valence-corrected chi connectivity index (χ1v) is 12.1. The predicted octanol–water partition coefficient (Wildman–Crippen LogP) is 4.64.